The fraction of sp³-hybridized carbons (Fsp3) is 0.368. The van der Waals surface area contributed by atoms with Crippen molar-refractivity contribution in [1.82, 2.24) is 24.9 Å². The van der Waals surface area contributed by atoms with Crippen molar-refractivity contribution in [1.29, 1.82) is 0 Å². The molecule has 0 spiro atoms. The summed E-state index contributed by atoms with van der Waals surface area (Å²) < 4.78 is 15.2. The van der Waals surface area contributed by atoms with E-state index >= 15 is 0 Å². The zero-order chi connectivity index (χ0) is 18.8. The number of hydrogen-bond acceptors (Lipinski definition) is 5. The fourth-order valence-corrected chi connectivity index (χ4v) is 3.51. The molecule has 1 unspecified atom stereocenters. The number of halogens is 1. The molecule has 4 rings (SSSR count). The number of rotatable bonds is 5. The van der Waals surface area contributed by atoms with Gasteiger partial charge < -0.3 is 10.2 Å². The summed E-state index contributed by atoms with van der Waals surface area (Å²) in [5, 5.41) is 7.08. The van der Waals surface area contributed by atoms with Gasteiger partial charge in [-0.15, -0.1) is 0 Å². The minimum absolute atomic E-state index is 0.0171. The molecule has 1 aliphatic heterocycles. The average Bonchev–Trinajstić information content (AvgIpc) is 3.32. The zero-order valence-electron chi connectivity index (χ0n) is 15.1. The summed E-state index contributed by atoms with van der Waals surface area (Å²) in [4.78, 5) is 23.2. The number of carbonyl (C=O) groups is 1. The topological polar surface area (TPSA) is 75.4 Å². The first-order valence-corrected chi connectivity index (χ1v) is 9.17. The fourth-order valence-electron chi connectivity index (χ4n) is 3.51. The quantitative estimate of drug-likeness (QED) is 0.749. The predicted octanol–water partition coefficient (Wildman–Crippen LogP) is 2.74. The van der Waals surface area contributed by atoms with Gasteiger partial charge >= 0.3 is 0 Å². The van der Waals surface area contributed by atoms with Crippen LogP contribution in [0.1, 0.15) is 48.1 Å². The lowest BCUT2D eigenvalue weighted by molar-refractivity contribution is 0.0955. The largest absolute Gasteiger partial charge is 0.352 e. The van der Waals surface area contributed by atoms with Crippen LogP contribution in [-0.2, 0) is 0 Å². The summed E-state index contributed by atoms with van der Waals surface area (Å²) in [7, 11) is 0. The minimum atomic E-state index is -0.339. The van der Waals surface area contributed by atoms with E-state index in [2.05, 4.69) is 20.3 Å². The second kappa shape index (κ2) is 7.30. The normalized spacial score (nSPS) is 16.8. The Morgan fingerprint density at radius 2 is 2.26 bits per heavy atom. The highest BCUT2D eigenvalue weighted by atomic mass is 19.1. The summed E-state index contributed by atoms with van der Waals surface area (Å²) in [6.45, 7) is 3.42. The van der Waals surface area contributed by atoms with Gasteiger partial charge in [-0.05, 0) is 37.0 Å². The SMILES string of the molecule is CCCNC(=O)c1cnn2ccc(N3CCCC3c3cncc(F)c3)nc12. The van der Waals surface area contributed by atoms with E-state index in [4.69, 9.17) is 4.98 Å². The molecule has 0 aromatic carbocycles. The van der Waals surface area contributed by atoms with Crippen molar-refractivity contribution < 1.29 is 9.18 Å². The van der Waals surface area contributed by atoms with Gasteiger partial charge in [-0.25, -0.2) is 13.9 Å². The van der Waals surface area contributed by atoms with Crippen LogP contribution >= 0.6 is 0 Å². The van der Waals surface area contributed by atoms with Crippen molar-refractivity contribution in [2.75, 3.05) is 18.0 Å². The van der Waals surface area contributed by atoms with Crippen LogP contribution in [-0.4, -0.2) is 38.6 Å². The molecule has 0 saturated carbocycles. The van der Waals surface area contributed by atoms with Crippen LogP contribution in [0.5, 0.6) is 0 Å². The van der Waals surface area contributed by atoms with Gasteiger partial charge in [0.15, 0.2) is 5.65 Å². The molecule has 4 heterocycles. The molecule has 3 aromatic rings. The molecule has 0 radical (unpaired) electrons. The van der Waals surface area contributed by atoms with E-state index in [1.54, 1.807) is 16.9 Å². The van der Waals surface area contributed by atoms with Gasteiger partial charge in [0, 0.05) is 25.5 Å². The Kier molecular flexibility index (Phi) is 4.70. The van der Waals surface area contributed by atoms with Crippen LogP contribution in [0.25, 0.3) is 5.65 Å². The summed E-state index contributed by atoms with van der Waals surface area (Å²) in [6, 6.07) is 3.42. The van der Waals surface area contributed by atoms with E-state index in [-0.39, 0.29) is 17.8 Å². The van der Waals surface area contributed by atoms with Crippen LogP contribution in [0.4, 0.5) is 10.2 Å². The number of anilines is 1. The first kappa shape index (κ1) is 17.4. The molecule has 1 fully saturated rings. The molecule has 1 N–H and O–H groups in total. The van der Waals surface area contributed by atoms with Gasteiger partial charge in [0.1, 0.15) is 17.2 Å². The summed E-state index contributed by atoms with van der Waals surface area (Å²) >= 11 is 0. The monoisotopic (exact) mass is 368 g/mol. The number of fused-ring (bicyclic) bond motifs is 1. The van der Waals surface area contributed by atoms with Gasteiger partial charge in [-0.1, -0.05) is 6.92 Å². The highest BCUT2D eigenvalue weighted by molar-refractivity contribution is 5.99. The van der Waals surface area contributed by atoms with Crippen molar-refractivity contribution in [3.05, 3.63) is 53.9 Å². The summed E-state index contributed by atoms with van der Waals surface area (Å²) in [5.41, 5.74) is 1.81. The van der Waals surface area contributed by atoms with Crippen LogP contribution in [0, 0.1) is 5.82 Å². The second-order valence-corrected chi connectivity index (χ2v) is 6.66. The van der Waals surface area contributed by atoms with Crippen molar-refractivity contribution in [3.63, 3.8) is 0 Å². The number of amides is 1. The number of pyridine rings is 1. The predicted molar refractivity (Wildman–Crippen MR) is 99.1 cm³/mol. The van der Waals surface area contributed by atoms with Crippen LogP contribution < -0.4 is 10.2 Å². The lowest BCUT2D eigenvalue weighted by Gasteiger charge is -2.26. The first-order chi connectivity index (χ1) is 13.2. The molecule has 1 aliphatic rings. The number of carbonyl (C=O) groups excluding carboxylic acids is 1. The molecule has 140 valence electrons. The lowest BCUT2D eigenvalue weighted by atomic mass is 10.1. The Bertz CT molecular complexity index is 972. The van der Waals surface area contributed by atoms with Crippen molar-refractivity contribution in [2.45, 2.75) is 32.2 Å². The van der Waals surface area contributed by atoms with Crippen molar-refractivity contribution >= 4 is 17.4 Å². The number of nitrogens with one attached hydrogen (secondary N) is 1. The zero-order valence-corrected chi connectivity index (χ0v) is 15.1. The summed E-state index contributed by atoms with van der Waals surface area (Å²) in [5.74, 6) is 0.233. The molecule has 1 saturated heterocycles. The van der Waals surface area contributed by atoms with Crippen molar-refractivity contribution in [2.24, 2.45) is 0 Å². The smallest absolute Gasteiger partial charge is 0.256 e. The third-order valence-corrected chi connectivity index (χ3v) is 4.79. The third kappa shape index (κ3) is 3.34. The maximum absolute atomic E-state index is 13.6. The second-order valence-electron chi connectivity index (χ2n) is 6.66. The van der Waals surface area contributed by atoms with Gasteiger partial charge in [0.25, 0.3) is 5.91 Å². The molecular weight excluding hydrogens is 347 g/mol. The van der Waals surface area contributed by atoms with Gasteiger partial charge in [0.2, 0.25) is 0 Å². The lowest BCUT2D eigenvalue weighted by Crippen LogP contribution is -2.25. The molecule has 1 atom stereocenters. The Labute approximate surface area is 156 Å². The highest BCUT2D eigenvalue weighted by Crippen LogP contribution is 2.35. The van der Waals surface area contributed by atoms with Crippen LogP contribution in [0.15, 0.2) is 36.9 Å². The van der Waals surface area contributed by atoms with E-state index in [9.17, 15) is 9.18 Å². The van der Waals surface area contributed by atoms with Gasteiger partial charge in [-0.3, -0.25) is 9.78 Å². The van der Waals surface area contributed by atoms with E-state index in [1.165, 1.54) is 18.5 Å². The molecule has 1 amide bonds. The first-order valence-electron chi connectivity index (χ1n) is 9.17. The maximum Gasteiger partial charge on any atom is 0.256 e. The summed E-state index contributed by atoms with van der Waals surface area (Å²) in [6.07, 6.45) is 9.00. The van der Waals surface area contributed by atoms with Crippen LogP contribution in [0.3, 0.4) is 0 Å². The number of hydrogen-bond donors (Lipinski definition) is 1. The molecule has 3 aromatic heterocycles. The van der Waals surface area contributed by atoms with Crippen LogP contribution in [0.2, 0.25) is 0 Å². The Morgan fingerprint density at radius 1 is 1.37 bits per heavy atom. The minimum Gasteiger partial charge on any atom is -0.352 e. The standard InChI is InChI=1S/C19H21FN6O/c1-2-6-22-19(27)15-12-23-26-8-5-17(24-18(15)26)25-7-3-4-16(25)13-9-14(20)11-21-10-13/h5,8-12,16H,2-4,6-7H2,1H3,(H,22,27). The Hall–Kier alpha value is -3.03. The maximum atomic E-state index is 13.6. The molecule has 0 bridgehead atoms. The van der Waals surface area contributed by atoms with Gasteiger partial charge in [0.05, 0.1) is 18.4 Å². The molecule has 27 heavy (non-hydrogen) atoms. The number of nitrogens with zero attached hydrogens (tertiary/aromatic N) is 5. The van der Waals surface area contributed by atoms with E-state index < -0.39 is 0 Å². The van der Waals surface area contributed by atoms with E-state index in [0.29, 0.717) is 17.8 Å². The highest BCUT2D eigenvalue weighted by Gasteiger charge is 2.28. The van der Waals surface area contributed by atoms with Crippen molar-refractivity contribution in [3.8, 4) is 0 Å². The average molecular weight is 368 g/mol. The number of aromatic nitrogens is 4. The van der Waals surface area contributed by atoms with Gasteiger partial charge in [-0.2, -0.15) is 5.10 Å². The molecule has 7 nitrogen and oxygen atoms in total. The molecular formula is C19H21FN6O. The molecule has 8 heteroatoms. The Balaban J connectivity index is 1.67. The Morgan fingerprint density at radius 3 is 3.07 bits per heavy atom. The molecule has 0 aliphatic carbocycles. The third-order valence-electron chi connectivity index (χ3n) is 4.79. The van der Waals surface area contributed by atoms with E-state index in [1.807, 2.05) is 13.0 Å². The van der Waals surface area contributed by atoms with E-state index in [0.717, 1.165) is 37.2 Å².